The second-order valence-corrected chi connectivity index (χ2v) is 7.07. The lowest BCUT2D eigenvalue weighted by atomic mass is 10.1. The van der Waals surface area contributed by atoms with Gasteiger partial charge in [0, 0.05) is 26.7 Å². The molecule has 0 aliphatic carbocycles. The highest BCUT2D eigenvalue weighted by Gasteiger charge is 2.06. The van der Waals surface area contributed by atoms with Gasteiger partial charge in [-0.25, -0.2) is 0 Å². The molecule has 0 saturated heterocycles. The zero-order chi connectivity index (χ0) is 21.8. The Morgan fingerprint density at radius 1 is 0.900 bits per heavy atom. The van der Waals surface area contributed by atoms with E-state index >= 15 is 0 Å². The standard InChI is InChI=1S/C24H36N4O2/c1-6-28(7-2)18-21-10-8-9-20(15-21)17-27-24(25-3)26-14-13-19-11-12-22(29-4)23(16-19)30-5/h8-12,15-16H,6-7,13-14,17-18H2,1-5H3,(H2,25,26,27). The van der Waals surface area contributed by atoms with Crippen molar-refractivity contribution in [2.75, 3.05) is 40.9 Å². The molecule has 0 unspecified atom stereocenters. The lowest BCUT2D eigenvalue weighted by molar-refractivity contribution is 0.296. The maximum atomic E-state index is 5.38. The summed E-state index contributed by atoms with van der Waals surface area (Å²) in [6.45, 7) is 9.03. The van der Waals surface area contributed by atoms with Crippen molar-refractivity contribution in [1.29, 1.82) is 0 Å². The van der Waals surface area contributed by atoms with E-state index in [1.165, 1.54) is 16.7 Å². The summed E-state index contributed by atoms with van der Waals surface area (Å²) in [5.74, 6) is 2.29. The van der Waals surface area contributed by atoms with E-state index in [2.05, 4.69) is 64.7 Å². The van der Waals surface area contributed by atoms with Crippen LogP contribution < -0.4 is 20.1 Å². The highest BCUT2D eigenvalue weighted by Crippen LogP contribution is 2.27. The van der Waals surface area contributed by atoms with Crippen molar-refractivity contribution in [3.8, 4) is 11.5 Å². The smallest absolute Gasteiger partial charge is 0.191 e. The molecule has 0 bridgehead atoms. The Morgan fingerprint density at radius 2 is 1.63 bits per heavy atom. The summed E-state index contributed by atoms with van der Waals surface area (Å²) in [5.41, 5.74) is 3.77. The van der Waals surface area contributed by atoms with Crippen LogP contribution in [0, 0.1) is 0 Å². The number of benzene rings is 2. The molecule has 0 aromatic heterocycles. The van der Waals surface area contributed by atoms with Gasteiger partial charge in [0.05, 0.1) is 14.2 Å². The van der Waals surface area contributed by atoms with Gasteiger partial charge in [0.15, 0.2) is 17.5 Å². The van der Waals surface area contributed by atoms with Crippen molar-refractivity contribution in [3.05, 3.63) is 59.2 Å². The first-order chi connectivity index (χ1) is 14.6. The van der Waals surface area contributed by atoms with Crippen LogP contribution in [0.25, 0.3) is 0 Å². The molecular formula is C24H36N4O2. The predicted octanol–water partition coefficient (Wildman–Crippen LogP) is 3.45. The van der Waals surface area contributed by atoms with Gasteiger partial charge in [-0.1, -0.05) is 44.2 Å². The number of guanidine groups is 1. The quantitative estimate of drug-likeness (QED) is 0.437. The molecule has 2 aromatic carbocycles. The number of hydrogen-bond donors (Lipinski definition) is 2. The molecule has 6 nitrogen and oxygen atoms in total. The second-order valence-electron chi connectivity index (χ2n) is 7.07. The molecule has 0 aliphatic heterocycles. The number of methoxy groups -OCH3 is 2. The fourth-order valence-corrected chi connectivity index (χ4v) is 3.31. The average Bonchev–Trinajstić information content (AvgIpc) is 2.79. The van der Waals surface area contributed by atoms with E-state index in [0.717, 1.165) is 56.6 Å². The van der Waals surface area contributed by atoms with Crippen molar-refractivity contribution < 1.29 is 9.47 Å². The van der Waals surface area contributed by atoms with Gasteiger partial charge >= 0.3 is 0 Å². The Bertz CT molecular complexity index is 804. The molecule has 0 heterocycles. The molecule has 0 atom stereocenters. The Balaban J connectivity index is 1.84. The summed E-state index contributed by atoms with van der Waals surface area (Å²) in [5, 5.41) is 6.78. The van der Waals surface area contributed by atoms with Gasteiger partial charge in [-0.05, 0) is 48.3 Å². The van der Waals surface area contributed by atoms with E-state index in [0.29, 0.717) is 0 Å². The predicted molar refractivity (Wildman–Crippen MR) is 125 cm³/mol. The van der Waals surface area contributed by atoms with Crippen molar-refractivity contribution in [1.82, 2.24) is 15.5 Å². The fourth-order valence-electron chi connectivity index (χ4n) is 3.31. The molecule has 164 valence electrons. The van der Waals surface area contributed by atoms with E-state index < -0.39 is 0 Å². The first-order valence-electron chi connectivity index (χ1n) is 10.6. The number of aliphatic imine (C=N–C) groups is 1. The normalized spacial score (nSPS) is 11.5. The van der Waals surface area contributed by atoms with Gasteiger partial charge in [-0.2, -0.15) is 0 Å². The van der Waals surface area contributed by atoms with Gasteiger partial charge in [-0.15, -0.1) is 0 Å². The number of rotatable bonds is 11. The molecule has 2 N–H and O–H groups in total. The third-order valence-electron chi connectivity index (χ3n) is 5.13. The molecule has 2 rings (SSSR count). The maximum absolute atomic E-state index is 5.38. The van der Waals surface area contributed by atoms with E-state index in [1.54, 1.807) is 21.3 Å². The molecule has 0 spiro atoms. The molecule has 0 saturated carbocycles. The zero-order valence-corrected chi connectivity index (χ0v) is 19.0. The Labute approximate surface area is 181 Å². The summed E-state index contributed by atoms with van der Waals surface area (Å²) in [6.07, 6.45) is 0.862. The Morgan fingerprint density at radius 3 is 2.30 bits per heavy atom. The van der Waals surface area contributed by atoms with Crippen LogP contribution in [-0.4, -0.2) is 51.8 Å². The number of nitrogens with one attached hydrogen (secondary N) is 2. The lowest BCUT2D eigenvalue weighted by Crippen LogP contribution is -2.37. The second kappa shape index (κ2) is 12.8. The minimum atomic E-state index is 0.738. The maximum Gasteiger partial charge on any atom is 0.191 e. The molecular weight excluding hydrogens is 376 g/mol. The summed E-state index contributed by atoms with van der Waals surface area (Å²) in [4.78, 5) is 6.75. The fraction of sp³-hybridized carbons (Fsp3) is 0.458. The average molecular weight is 413 g/mol. The third-order valence-corrected chi connectivity index (χ3v) is 5.13. The molecule has 0 amide bonds. The van der Waals surface area contributed by atoms with Crippen molar-refractivity contribution in [2.45, 2.75) is 33.4 Å². The molecule has 30 heavy (non-hydrogen) atoms. The van der Waals surface area contributed by atoms with Gasteiger partial charge in [0.25, 0.3) is 0 Å². The number of nitrogens with zero attached hydrogens (tertiary/aromatic N) is 2. The highest BCUT2D eigenvalue weighted by molar-refractivity contribution is 5.79. The van der Waals surface area contributed by atoms with E-state index in [1.807, 2.05) is 12.1 Å². The zero-order valence-electron chi connectivity index (χ0n) is 19.0. The molecule has 2 aromatic rings. The van der Waals surface area contributed by atoms with Crippen LogP contribution in [0.15, 0.2) is 47.5 Å². The molecule has 0 fully saturated rings. The van der Waals surface area contributed by atoms with Crippen LogP contribution >= 0.6 is 0 Å². The lowest BCUT2D eigenvalue weighted by Gasteiger charge is -2.18. The molecule has 0 aliphatic rings. The number of hydrogen-bond acceptors (Lipinski definition) is 4. The van der Waals surface area contributed by atoms with Crippen molar-refractivity contribution >= 4 is 5.96 Å². The summed E-state index contributed by atoms with van der Waals surface area (Å²) in [6, 6.07) is 14.7. The van der Waals surface area contributed by atoms with Gasteiger partial charge in [0.2, 0.25) is 0 Å². The summed E-state index contributed by atoms with van der Waals surface area (Å²) in [7, 11) is 5.10. The van der Waals surface area contributed by atoms with Crippen LogP contribution in [0.4, 0.5) is 0 Å². The SMILES string of the molecule is CCN(CC)Cc1cccc(CNC(=NC)NCCc2ccc(OC)c(OC)c2)c1. The monoisotopic (exact) mass is 412 g/mol. The first kappa shape index (κ1) is 23.5. The largest absolute Gasteiger partial charge is 0.493 e. The van der Waals surface area contributed by atoms with Crippen LogP contribution in [0.3, 0.4) is 0 Å². The van der Waals surface area contributed by atoms with Crippen molar-refractivity contribution in [2.24, 2.45) is 4.99 Å². The third kappa shape index (κ3) is 7.26. The Kier molecular flexibility index (Phi) is 10.0. The molecule has 0 radical (unpaired) electrons. The first-order valence-corrected chi connectivity index (χ1v) is 10.6. The van der Waals surface area contributed by atoms with Crippen LogP contribution in [-0.2, 0) is 19.5 Å². The Hall–Kier alpha value is -2.73. The summed E-state index contributed by atoms with van der Waals surface area (Å²) >= 11 is 0. The highest BCUT2D eigenvalue weighted by atomic mass is 16.5. The van der Waals surface area contributed by atoms with Crippen LogP contribution in [0.1, 0.15) is 30.5 Å². The van der Waals surface area contributed by atoms with Crippen LogP contribution in [0.2, 0.25) is 0 Å². The number of ether oxygens (including phenoxy) is 2. The molecule has 6 heteroatoms. The van der Waals surface area contributed by atoms with Gasteiger partial charge in [0.1, 0.15) is 0 Å². The minimum Gasteiger partial charge on any atom is -0.493 e. The van der Waals surface area contributed by atoms with Gasteiger partial charge < -0.3 is 20.1 Å². The van der Waals surface area contributed by atoms with Crippen LogP contribution in [0.5, 0.6) is 11.5 Å². The minimum absolute atomic E-state index is 0.738. The topological polar surface area (TPSA) is 58.1 Å². The van der Waals surface area contributed by atoms with Crippen molar-refractivity contribution in [3.63, 3.8) is 0 Å². The summed E-state index contributed by atoms with van der Waals surface area (Å²) < 4.78 is 10.7. The van der Waals surface area contributed by atoms with E-state index in [-0.39, 0.29) is 0 Å². The van der Waals surface area contributed by atoms with Gasteiger partial charge in [-0.3, -0.25) is 9.89 Å². The van der Waals surface area contributed by atoms with E-state index in [4.69, 9.17) is 9.47 Å². The van der Waals surface area contributed by atoms with E-state index in [9.17, 15) is 0 Å².